The summed E-state index contributed by atoms with van der Waals surface area (Å²) in [5.74, 6) is 0.383. The maximum Gasteiger partial charge on any atom is 0.200 e. The van der Waals surface area contributed by atoms with Gasteiger partial charge in [-0.15, -0.1) is 0 Å². The molecule has 0 spiro atoms. The fourth-order valence-electron chi connectivity index (χ4n) is 1.71. The zero-order chi connectivity index (χ0) is 14.5. The van der Waals surface area contributed by atoms with Crippen LogP contribution in [0.1, 0.15) is 21.5 Å². The molecular formula is C16H12ClNO2. The number of hydrogen-bond donors (Lipinski definition) is 0. The summed E-state index contributed by atoms with van der Waals surface area (Å²) in [4.78, 5) is 12.0. The molecule has 20 heavy (non-hydrogen) atoms. The van der Waals surface area contributed by atoms with Crippen LogP contribution in [-0.2, 0) is 0 Å². The Labute approximate surface area is 122 Å². The lowest BCUT2D eigenvalue weighted by molar-refractivity contribution is 0.0921. The largest absolute Gasteiger partial charge is 0.485 e. The van der Waals surface area contributed by atoms with E-state index in [1.54, 1.807) is 42.5 Å². The van der Waals surface area contributed by atoms with Crippen molar-refractivity contribution < 1.29 is 9.53 Å². The summed E-state index contributed by atoms with van der Waals surface area (Å²) in [5, 5.41) is 9.36. The summed E-state index contributed by atoms with van der Waals surface area (Å²) < 4.78 is 5.49. The average Bonchev–Trinajstić information content (AvgIpc) is 2.46. The number of ether oxygens (including phenoxy) is 1. The molecule has 0 bridgehead atoms. The molecule has 3 nitrogen and oxygen atoms in total. The van der Waals surface area contributed by atoms with Crippen molar-refractivity contribution >= 4 is 17.4 Å². The summed E-state index contributed by atoms with van der Waals surface area (Å²) in [6.45, 7) is 1.77. The molecule has 0 radical (unpaired) electrons. The van der Waals surface area contributed by atoms with Gasteiger partial charge in [0.2, 0.25) is 0 Å². The molecule has 100 valence electrons. The number of carbonyl (C=O) groups is 1. The Bertz CT molecular complexity index is 689. The van der Waals surface area contributed by atoms with Gasteiger partial charge in [0.15, 0.2) is 12.4 Å². The Balaban J connectivity index is 2.09. The molecular weight excluding hydrogens is 274 g/mol. The van der Waals surface area contributed by atoms with Crippen LogP contribution in [-0.4, -0.2) is 12.4 Å². The van der Waals surface area contributed by atoms with Gasteiger partial charge in [-0.2, -0.15) is 5.26 Å². The number of ketones is 1. The monoisotopic (exact) mass is 285 g/mol. The third-order valence-corrected chi connectivity index (χ3v) is 3.06. The standard InChI is InChI=1S/C16H12ClNO2/c1-11-5-6-12(9-18)7-16(11)20-10-15(19)13-3-2-4-14(17)8-13/h2-8H,10H2,1H3. The van der Waals surface area contributed by atoms with Crippen LogP contribution in [0.2, 0.25) is 5.02 Å². The number of aryl methyl sites for hydroxylation is 1. The summed E-state index contributed by atoms with van der Waals surface area (Å²) in [5.41, 5.74) is 1.88. The van der Waals surface area contributed by atoms with E-state index in [2.05, 4.69) is 0 Å². The Kier molecular flexibility index (Phi) is 4.39. The van der Waals surface area contributed by atoms with E-state index < -0.39 is 0 Å². The van der Waals surface area contributed by atoms with Crippen molar-refractivity contribution in [2.75, 3.05) is 6.61 Å². The molecule has 0 amide bonds. The fraction of sp³-hybridized carbons (Fsp3) is 0.125. The third kappa shape index (κ3) is 3.37. The Morgan fingerprint density at radius 2 is 2.10 bits per heavy atom. The first kappa shape index (κ1) is 14.1. The van der Waals surface area contributed by atoms with Crippen LogP contribution in [0.25, 0.3) is 0 Å². The quantitative estimate of drug-likeness (QED) is 0.803. The molecule has 2 aromatic carbocycles. The normalized spacial score (nSPS) is 9.85. The molecule has 0 heterocycles. The highest BCUT2D eigenvalue weighted by Crippen LogP contribution is 2.19. The van der Waals surface area contributed by atoms with Gasteiger partial charge >= 0.3 is 0 Å². The third-order valence-electron chi connectivity index (χ3n) is 2.82. The van der Waals surface area contributed by atoms with Gasteiger partial charge < -0.3 is 4.74 Å². The molecule has 0 saturated carbocycles. The number of Topliss-reactive ketones (excluding diaryl/α,β-unsaturated/α-hetero) is 1. The number of carbonyl (C=O) groups excluding carboxylic acids is 1. The number of nitrogens with zero attached hydrogens (tertiary/aromatic N) is 1. The molecule has 0 aliphatic heterocycles. The van der Waals surface area contributed by atoms with Crippen LogP contribution in [0.4, 0.5) is 0 Å². The molecule has 4 heteroatoms. The van der Waals surface area contributed by atoms with E-state index >= 15 is 0 Å². The van der Waals surface area contributed by atoms with Gasteiger partial charge in [0.05, 0.1) is 11.6 Å². The predicted molar refractivity (Wildman–Crippen MR) is 77.2 cm³/mol. The average molecular weight is 286 g/mol. The maximum absolute atomic E-state index is 12.0. The molecule has 0 aliphatic carbocycles. The summed E-state index contributed by atoms with van der Waals surface area (Å²) >= 11 is 5.84. The molecule has 0 atom stereocenters. The van der Waals surface area contributed by atoms with Crippen LogP contribution in [0, 0.1) is 18.3 Å². The number of rotatable bonds is 4. The van der Waals surface area contributed by atoms with Gasteiger partial charge in [-0.25, -0.2) is 0 Å². The molecule has 0 aliphatic rings. The minimum absolute atomic E-state index is 0.0872. The van der Waals surface area contributed by atoms with Gasteiger partial charge in [-0.1, -0.05) is 29.8 Å². The van der Waals surface area contributed by atoms with Crippen molar-refractivity contribution in [1.29, 1.82) is 5.26 Å². The highest BCUT2D eigenvalue weighted by molar-refractivity contribution is 6.31. The topological polar surface area (TPSA) is 50.1 Å². The molecule has 2 aromatic rings. The second kappa shape index (κ2) is 6.23. The number of nitriles is 1. The summed E-state index contributed by atoms with van der Waals surface area (Å²) in [6, 6.07) is 13.9. The Morgan fingerprint density at radius 3 is 2.80 bits per heavy atom. The van der Waals surface area contributed by atoms with Crippen molar-refractivity contribution in [3.63, 3.8) is 0 Å². The molecule has 0 fully saturated rings. The summed E-state index contributed by atoms with van der Waals surface area (Å²) in [7, 11) is 0. The SMILES string of the molecule is Cc1ccc(C#N)cc1OCC(=O)c1cccc(Cl)c1. The maximum atomic E-state index is 12.0. The lowest BCUT2D eigenvalue weighted by Gasteiger charge is -2.09. The van der Waals surface area contributed by atoms with E-state index in [0.29, 0.717) is 21.9 Å². The van der Waals surface area contributed by atoms with Crippen molar-refractivity contribution in [2.24, 2.45) is 0 Å². The zero-order valence-corrected chi connectivity index (χ0v) is 11.6. The fourth-order valence-corrected chi connectivity index (χ4v) is 1.90. The first-order valence-electron chi connectivity index (χ1n) is 6.02. The van der Waals surface area contributed by atoms with Crippen molar-refractivity contribution in [3.05, 3.63) is 64.2 Å². The number of halogens is 1. The van der Waals surface area contributed by atoms with Crippen molar-refractivity contribution in [2.45, 2.75) is 6.92 Å². The molecule has 0 N–H and O–H groups in total. The van der Waals surface area contributed by atoms with E-state index in [9.17, 15) is 4.79 Å². The molecule has 2 rings (SSSR count). The van der Waals surface area contributed by atoms with E-state index in [4.69, 9.17) is 21.6 Å². The lowest BCUT2D eigenvalue weighted by Crippen LogP contribution is -2.12. The first-order valence-corrected chi connectivity index (χ1v) is 6.40. The predicted octanol–water partition coefficient (Wildman–Crippen LogP) is 3.78. The number of benzene rings is 2. The second-order valence-corrected chi connectivity index (χ2v) is 4.75. The van der Waals surface area contributed by atoms with Crippen LogP contribution in [0.3, 0.4) is 0 Å². The summed E-state index contributed by atoms with van der Waals surface area (Å²) in [6.07, 6.45) is 0. The van der Waals surface area contributed by atoms with E-state index in [1.807, 2.05) is 13.0 Å². The first-order chi connectivity index (χ1) is 9.60. The van der Waals surface area contributed by atoms with E-state index in [1.165, 1.54) is 0 Å². The highest BCUT2D eigenvalue weighted by Gasteiger charge is 2.09. The van der Waals surface area contributed by atoms with Gasteiger partial charge in [-0.3, -0.25) is 4.79 Å². The minimum atomic E-state index is -0.158. The van der Waals surface area contributed by atoms with Crippen molar-refractivity contribution in [3.8, 4) is 11.8 Å². The Morgan fingerprint density at radius 1 is 1.30 bits per heavy atom. The molecule has 0 unspecified atom stereocenters. The van der Waals surface area contributed by atoms with Gasteiger partial charge in [0, 0.05) is 10.6 Å². The smallest absolute Gasteiger partial charge is 0.200 e. The van der Waals surface area contributed by atoms with Crippen molar-refractivity contribution in [1.82, 2.24) is 0 Å². The minimum Gasteiger partial charge on any atom is -0.485 e. The van der Waals surface area contributed by atoms with Gasteiger partial charge in [0.25, 0.3) is 0 Å². The zero-order valence-electron chi connectivity index (χ0n) is 10.9. The van der Waals surface area contributed by atoms with Gasteiger partial charge in [0.1, 0.15) is 5.75 Å². The van der Waals surface area contributed by atoms with Gasteiger partial charge in [-0.05, 0) is 36.8 Å². The van der Waals surface area contributed by atoms with E-state index in [0.717, 1.165) is 5.56 Å². The van der Waals surface area contributed by atoms with Crippen LogP contribution >= 0.6 is 11.6 Å². The Hall–Kier alpha value is -2.31. The molecule has 0 aromatic heterocycles. The van der Waals surface area contributed by atoms with Crippen LogP contribution < -0.4 is 4.74 Å². The van der Waals surface area contributed by atoms with Crippen LogP contribution in [0.5, 0.6) is 5.75 Å². The second-order valence-electron chi connectivity index (χ2n) is 4.31. The highest BCUT2D eigenvalue weighted by atomic mass is 35.5. The van der Waals surface area contributed by atoms with Crippen LogP contribution in [0.15, 0.2) is 42.5 Å². The number of hydrogen-bond acceptors (Lipinski definition) is 3. The molecule has 0 saturated heterocycles. The lowest BCUT2D eigenvalue weighted by atomic mass is 10.1. The van der Waals surface area contributed by atoms with E-state index in [-0.39, 0.29) is 12.4 Å².